The van der Waals surface area contributed by atoms with Crippen LogP contribution in [0.2, 0.25) is 0 Å². The molecule has 176 valence electrons. The molecule has 1 atom stereocenters. The van der Waals surface area contributed by atoms with Crippen molar-refractivity contribution in [3.63, 3.8) is 0 Å². The van der Waals surface area contributed by atoms with Crippen LogP contribution in [0, 0.1) is 5.92 Å². The number of hydrogen-bond donors (Lipinski definition) is 2. The molecular weight excluding hydrogens is 503 g/mol. The van der Waals surface area contributed by atoms with Gasteiger partial charge >= 0.3 is 0 Å². The SMILES string of the molecule is CN=C(NCCCOCC1CCOC1)NCc1ccc(CN2CCCCCC2)cc1.I. The van der Waals surface area contributed by atoms with Crippen molar-refractivity contribution in [2.75, 3.05) is 53.1 Å². The van der Waals surface area contributed by atoms with Gasteiger partial charge in [0.2, 0.25) is 0 Å². The molecule has 2 fully saturated rings. The molecule has 3 rings (SSSR count). The topological polar surface area (TPSA) is 58.1 Å². The summed E-state index contributed by atoms with van der Waals surface area (Å²) in [6.07, 6.45) is 7.57. The lowest BCUT2D eigenvalue weighted by Gasteiger charge is -2.20. The van der Waals surface area contributed by atoms with Crippen LogP contribution in [0.5, 0.6) is 0 Å². The Kier molecular flexibility index (Phi) is 13.5. The summed E-state index contributed by atoms with van der Waals surface area (Å²) in [5.74, 6) is 1.43. The third-order valence-corrected chi connectivity index (χ3v) is 5.95. The average Bonchev–Trinajstić information content (AvgIpc) is 3.16. The minimum absolute atomic E-state index is 0. The van der Waals surface area contributed by atoms with E-state index in [-0.39, 0.29) is 24.0 Å². The molecule has 0 spiro atoms. The van der Waals surface area contributed by atoms with Gasteiger partial charge in [-0.15, -0.1) is 24.0 Å². The molecule has 7 heteroatoms. The van der Waals surface area contributed by atoms with Crippen LogP contribution >= 0.6 is 24.0 Å². The number of hydrogen-bond acceptors (Lipinski definition) is 4. The second-order valence-electron chi connectivity index (χ2n) is 8.52. The Balaban J connectivity index is 0.00000341. The van der Waals surface area contributed by atoms with E-state index >= 15 is 0 Å². The Morgan fingerprint density at radius 3 is 2.52 bits per heavy atom. The number of guanidine groups is 1. The maximum Gasteiger partial charge on any atom is 0.191 e. The molecule has 0 bridgehead atoms. The summed E-state index contributed by atoms with van der Waals surface area (Å²) >= 11 is 0. The van der Waals surface area contributed by atoms with Crippen LogP contribution in [0.15, 0.2) is 29.3 Å². The quantitative estimate of drug-likeness (QED) is 0.203. The summed E-state index contributed by atoms with van der Waals surface area (Å²) in [6, 6.07) is 9.00. The summed E-state index contributed by atoms with van der Waals surface area (Å²) in [5, 5.41) is 6.77. The van der Waals surface area contributed by atoms with Crippen molar-refractivity contribution in [2.24, 2.45) is 10.9 Å². The van der Waals surface area contributed by atoms with Crippen molar-refractivity contribution in [2.45, 2.75) is 51.6 Å². The van der Waals surface area contributed by atoms with Gasteiger partial charge in [-0.1, -0.05) is 37.1 Å². The largest absolute Gasteiger partial charge is 0.381 e. The summed E-state index contributed by atoms with van der Waals surface area (Å²) < 4.78 is 11.1. The highest BCUT2D eigenvalue weighted by atomic mass is 127. The summed E-state index contributed by atoms with van der Waals surface area (Å²) in [6.45, 7) is 8.54. The van der Waals surface area contributed by atoms with Gasteiger partial charge in [-0.3, -0.25) is 9.89 Å². The van der Waals surface area contributed by atoms with Gasteiger partial charge in [-0.25, -0.2) is 0 Å². The zero-order chi connectivity index (χ0) is 20.9. The van der Waals surface area contributed by atoms with E-state index in [4.69, 9.17) is 9.47 Å². The average molecular weight is 545 g/mol. The van der Waals surface area contributed by atoms with Gasteiger partial charge in [0.15, 0.2) is 5.96 Å². The first-order valence-corrected chi connectivity index (χ1v) is 11.7. The second-order valence-corrected chi connectivity index (χ2v) is 8.52. The number of benzene rings is 1. The highest BCUT2D eigenvalue weighted by Gasteiger charge is 2.15. The molecular formula is C24H41IN4O2. The van der Waals surface area contributed by atoms with E-state index in [9.17, 15) is 0 Å². The monoisotopic (exact) mass is 544 g/mol. The van der Waals surface area contributed by atoms with Crippen molar-refractivity contribution in [3.05, 3.63) is 35.4 Å². The standard InChI is InChI=1S/C24H40N4O2.HI/c1-25-24(26-12-6-15-29-19-23-11-16-30-20-23)27-17-21-7-9-22(10-8-21)18-28-13-4-2-3-5-14-28;/h7-10,23H,2-6,11-20H2,1H3,(H2,25,26,27);1H. The van der Waals surface area contributed by atoms with Gasteiger partial charge in [0.05, 0.1) is 13.2 Å². The van der Waals surface area contributed by atoms with Crippen molar-refractivity contribution < 1.29 is 9.47 Å². The van der Waals surface area contributed by atoms with Gasteiger partial charge in [0, 0.05) is 45.8 Å². The Labute approximate surface area is 205 Å². The van der Waals surface area contributed by atoms with Crippen LogP contribution in [-0.4, -0.2) is 64.0 Å². The number of aliphatic imine (C=N–C) groups is 1. The van der Waals surface area contributed by atoms with Gasteiger partial charge in [0.25, 0.3) is 0 Å². The predicted octanol–water partition coefficient (Wildman–Crippen LogP) is 3.79. The van der Waals surface area contributed by atoms with Crippen molar-refractivity contribution >= 4 is 29.9 Å². The maximum absolute atomic E-state index is 5.75. The highest BCUT2D eigenvalue weighted by molar-refractivity contribution is 14.0. The summed E-state index contributed by atoms with van der Waals surface area (Å²) in [4.78, 5) is 6.91. The van der Waals surface area contributed by atoms with E-state index in [0.717, 1.165) is 64.9 Å². The fourth-order valence-electron chi connectivity index (χ4n) is 4.07. The van der Waals surface area contributed by atoms with E-state index in [0.29, 0.717) is 5.92 Å². The van der Waals surface area contributed by atoms with Gasteiger partial charge in [-0.05, 0) is 49.9 Å². The number of nitrogens with one attached hydrogen (secondary N) is 2. The number of ether oxygens (including phenoxy) is 2. The number of rotatable bonds is 10. The molecule has 0 saturated carbocycles. The van der Waals surface area contributed by atoms with E-state index in [1.165, 1.54) is 49.9 Å². The first kappa shape index (κ1) is 26.4. The molecule has 1 unspecified atom stereocenters. The molecule has 0 aromatic heterocycles. The Morgan fingerprint density at radius 2 is 1.84 bits per heavy atom. The Bertz CT molecular complexity index is 613. The molecule has 2 aliphatic rings. The third-order valence-electron chi connectivity index (χ3n) is 5.95. The molecule has 2 heterocycles. The first-order chi connectivity index (χ1) is 14.8. The second kappa shape index (κ2) is 15.8. The molecule has 6 nitrogen and oxygen atoms in total. The predicted molar refractivity (Wildman–Crippen MR) is 138 cm³/mol. The molecule has 1 aromatic rings. The Hall–Kier alpha value is -0.900. The number of nitrogens with zero attached hydrogens (tertiary/aromatic N) is 2. The fraction of sp³-hybridized carbons (Fsp3) is 0.708. The zero-order valence-electron chi connectivity index (χ0n) is 19.1. The van der Waals surface area contributed by atoms with E-state index in [1.54, 1.807) is 0 Å². The lowest BCUT2D eigenvalue weighted by atomic mass is 10.1. The van der Waals surface area contributed by atoms with Crippen molar-refractivity contribution in [1.82, 2.24) is 15.5 Å². The zero-order valence-corrected chi connectivity index (χ0v) is 21.4. The van der Waals surface area contributed by atoms with Crippen LogP contribution in [0.4, 0.5) is 0 Å². The molecule has 2 aliphatic heterocycles. The van der Waals surface area contributed by atoms with Crippen molar-refractivity contribution in [1.29, 1.82) is 0 Å². The highest BCUT2D eigenvalue weighted by Crippen LogP contribution is 2.14. The maximum atomic E-state index is 5.75. The first-order valence-electron chi connectivity index (χ1n) is 11.7. The Morgan fingerprint density at radius 1 is 1.10 bits per heavy atom. The summed E-state index contributed by atoms with van der Waals surface area (Å²) in [5.41, 5.74) is 2.69. The minimum Gasteiger partial charge on any atom is -0.381 e. The van der Waals surface area contributed by atoms with Gasteiger partial charge in [0.1, 0.15) is 0 Å². The van der Waals surface area contributed by atoms with E-state index < -0.39 is 0 Å². The van der Waals surface area contributed by atoms with Crippen LogP contribution in [-0.2, 0) is 22.6 Å². The van der Waals surface area contributed by atoms with E-state index in [1.807, 2.05) is 7.05 Å². The normalized spacial score (nSPS) is 20.2. The molecule has 0 radical (unpaired) electrons. The molecule has 0 amide bonds. The molecule has 31 heavy (non-hydrogen) atoms. The van der Waals surface area contributed by atoms with E-state index in [2.05, 4.69) is 44.8 Å². The van der Waals surface area contributed by atoms with Gasteiger partial charge < -0.3 is 20.1 Å². The van der Waals surface area contributed by atoms with Crippen LogP contribution in [0.3, 0.4) is 0 Å². The third kappa shape index (κ3) is 10.5. The number of halogens is 1. The van der Waals surface area contributed by atoms with Crippen LogP contribution < -0.4 is 10.6 Å². The lowest BCUT2D eigenvalue weighted by Crippen LogP contribution is -2.37. The van der Waals surface area contributed by atoms with Crippen molar-refractivity contribution in [3.8, 4) is 0 Å². The molecule has 0 aliphatic carbocycles. The van der Waals surface area contributed by atoms with Gasteiger partial charge in [-0.2, -0.15) is 0 Å². The molecule has 2 saturated heterocycles. The lowest BCUT2D eigenvalue weighted by molar-refractivity contribution is 0.0888. The molecule has 1 aromatic carbocycles. The van der Waals surface area contributed by atoms with Crippen LogP contribution in [0.25, 0.3) is 0 Å². The molecule has 2 N–H and O–H groups in total. The number of likely N-dealkylation sites (tertiary alicyclic amines) is 1. The summed E-state index contributed by atoms with van der Waals surface area (Å²) in [7, 11) is 1.82. The van der Waals surface area contributed by atoms with Crippen LogP contribution in [0.1, 0.15) is 49.7 Å². The smallest absolute Gasteiger partial charge is 0.191 e. The fourth-order valence-corrected chi connectivity index (χ4v) is 4.07. The minimum atomic E-state index is 0.